The van der Waals surface area contributed by atoms with Crippen molar-refractivity contribution in [3.63, 3.8) is 0 Å². The Hall–Kier alpha value is -2.06. The number of fused-ring (bicyclic) bond motifs is 1. The van der Waals surface area contributed by atoms with E-state index in [1.807, 2.05) is 18.4 Å². The van der Waals surface area contributed by atoms with Crippen LogP contribution in [-0.2, 0) is 6.54 Å². The lowest BCUT2D eigenvalue weighted by molar-refractivity contribution is 0.373. The number of aromatic hydroxyl groups is 1. The highest BCUT2D eigenvalue weighted by Crippen LogP contribution is 2.39. The summed E-state index contributed by atoms with van der Waals surface area (Å²) < 4.78 is 7.26. The number of methoxy groups -OCH3 is 1. The monoisotopic (exact) mass is 374 g/mol. The summed E-state index contributed by atoms with van der Waals surface area (Å²) >= 11 is 3.26. The number of nitrogens with zero attached hydrogens (tertiary/aromatic N) is 4. The number of hydrogen-bond acceptors (Lipinski definition) is 8. The molecular formula is C17H18N4O2S2. The average molecular weight is 374 g/mol. The van der Waals surface area contributed by atoms with Crippen molar-refractivity contribution in [2.45, 2.75) is 29.8 Å². The fraction of sp³-hybridized carbons (Fsp3) is 0.353. The van der Waals surface area contributed by atoms with Crippen molar-refractivity contribution in [2.24, 2.45) is 0 Å². The number of rotatable bonds is 6. The lowest BCUT2D eigenvalue weighted by Crippen LogP contribution is -2.26. The number of phenolic OH excluding ortho intramolecular Hbond substituents is 1. The smallest absolute Gasteiger partial charge is 0.176 e. The Labute approximate surface area is 153 Å². The fourth-order valence-electron chi connectivity index (χ4n) is 2.80. The lowest BCUT2D eigenvalue weighted by Gasteiger charge is -2.24. The van der Waals surface area contributed by atoms with Gasteiger partial charge in [-0.2, -0.15) is 0 Å². The van der Waals surface area contributed by atoms with Crippen molar-refractivity contribution >= 4 is 39.3 Å². The Morgan fingerprint density at radius 2 is 2.20 bits per heavy atom. The molecule has 1 saturated carbocycles. The standard InChI is InChI=1S/C17H18N4O2S2/c1-23-13-7-10(3-6-12(13)22)8-21(11-4-5-11)16-14-15(18-9-19-16)20-17(24-2)25-14/h3,6-7,9,11,22H,4-5,8H2,1-2H3. The first-order chi connectivity index (χ1) is 12.2. The highest BCUT2D eigenvalue weighted by molar-refractivity contribution is 8.00. The number of aromatic nitrogens is 3. The minimum absolute atomic E-state index is 0.153. The first-order valence-electron chi connectivity index (χ1n) is 7.97. The van der Waals surface area contributed by atoms with Crippen LogP contribution >= 0.6 is 23.1 Å². The third kappa shape index (κ3) is 3.23. The lowest BCUT2D eigenvalue weighted by atomic mass is 10.2. The van der Waals surface area contributed by atoms with Crippen LogP contribution in [0.25, 0.3) is 10.3 Å². The molecular weight excluding hydrogens is 356 g/mol. The number of hydrogen-bond donors (Lipinski definition) is 1. The Kier molecular flexibility index (Phi) is 4.39. The van der Waals surface area contributed by atoms with Gasteiger partial charge >= 0.3 is 0 Å². The first-order valence-corrected chi connectivity index (χ1v) is 10.0. The van der Waals surface area contributed by atoms with Gasteiger partial charge < -0.3 is 14.7 Å². The van der Waals surface area contributed by atoms with Gasteiger partial charge in [0.15, 0.2) is 27.3 Å². The Morgan fingerprint density at radius 1 is 1.36 bits per heavy atom. The molecule has 2 aromatic heterocycles. The average Bonchev–Trinajstić information content (AvgIpc) is 3.38. The summed E-state index contributed by atoms with van der Waals surface area (Å²) in [7, 11) is 1.56. The van der Waals surface area contributed by atoms with E-state index in [4.69, 9.17) is 4.74 Å². The van der Waals surface area contributed by atoms with Gasteiger partial charge in [-0.1, -0.05) is 17.8 Å². The highest BCUT2D eigenvalue weighted by Gasteiger charge is 2.32. The molecule has 0 unspecified atom stereocenters. The second-order valence-corrected chi connectivity index (χ2v) is 7.95. The van der Waals surface area contributed by atoms with Crippen LogP contribution in [0.15, 0.2) is 28.9 Å². The van der Waals surface area contributed by atoms with Crippen molar-refractivity contribution in [2.75, 3.05) is 18.3 Å². The van der Waals surface area contributed by atoms with Gasteiger partial charge in [-0.25, -0.2) is 15.0 Å². The fourth-order valence-corrected chi connectivity index (χ4v) is 4.31. The third-order valence-corrected chi connectivity index (χ3v) is 6.21. The number of thiazole rings is 1. The molecule has 1 aliphatic carbocycles. The van der Waals surface area contributed by atoms with Crippen LogP contribution in [0.3, 0.4) is 0 Å². The maximum Gasteiger partial charge on any atom is 0.176 e. The van der Waals surface area contributed by atoms with Gasteiger partial charge in [-0.15, -0.1) is 11.3 Å². The van der Waals surface area contributed by atoms with E-state index in [1.165, 1.54) is 0 Å². The van der Waals surface area contributed by atoms with Gasteiger partial charge in [0.1, 0.15) is 11.0 Å². The zero-order valence-corrected chi connectivity index (χ0v) is 15.6. The molecule has 1 N–H and O–H groups in total. The van der Waals surface area contributed by atoms with Crippen LogP contribution in [0.5, 0.6) is 11.5 Å². The van der Waals surface area contributed by atoms with E-state index < -0.39 is 0 Å². The summed E-state index contributed by atoms with van der Waals surface area (Å²) in [5.74, 6) is 1.58. The largest absolute Gasteiger partial charge is 0.504 e. The molecule has 0 radical (unpaired) electrons. The normalized spacial score (nSPS) is 14.0. The van der Waals surface area contributed by atoms with E-state index in [9.17, 15) is 5.11 Å². The molecule has 0 bridgehead atoms. The molecule has 6 nitrogen and oxygen atoms in total. The van der Waals surface area contributed by atoms with Gasteiger partial charge in [0.05, 0.1) is 7.11 Å². The van der Waals surface area contributed by atoms with Crippen LogP contribution in [-0.4, -0.2) is 39.5 Å². The van der Waals surface area contributed by atoms with E-state index in [0.717, 1.165) is 38.9 Å². The SMILES string of the molecule is COc1cc(CN(c2ncnc3nc(SC)sc23)C2CC2)ccc1O. The summed E-state index contributed by atoms with van der Waals surface area (Å²) in [4.78, 5) is 15.7. The molecule has 25 heavy (non-hydrogen) atoms. The van der Waals surface area contributed by atoms with Gasteiger partial charge in [-0.05, 0) is 36.8 Å². The molecule has 0 saturated heterocycles. The minimum atomic E-state index is 0.153. The predicted octanol–water partition coefficient (Wildman–Crippen LogP) is 3.69. The highest BCUT2D eigenvalue weighted by atomic mass is 32.2. The number of phenols is 1. The summed E-state index contributed by atoms with van der Waals surface area (Å²) in [6.45, 7) is 0.708. The van der Waals surface area contributed by atoms with E-state index in [-0.39, 0.29) is 5.75 Å². The molecule has 1 aromatic carbocycles. The zero-order chi connectivity index (χ0) is 17.4. The summed E-state index contributed by atoms with van der Waals surface area (Å²) in [6.07, 6.45) is 5.93. The second kappa shape index (κ2) is 6.68. The first kappa shape index (κ1) is 16.4. The van der Waals surface area contributed by atoms with E-state index in [2.05, 4.69) is 19.9 Å². The molecule has 0 amide bonds. The number of thioether (sulfide) groups is 1. The van der Waals surface area contributed by atoms with Gasteiger partial charge in [0.25, 0.3) is 0 Å². The van der Waals surface area contributed by atoms with Crippen LogP contribution in [0, 0.1) is 0 Å². The maximum atomic E-state index is 9.81. The Balaban J connectivity index is 1.72. The topological polar surface area (TPSA) is 71.4 Å². The zero-order valence-electron chi connectivity index (χ0n) is 14.0. The van der Waals surface area contributed by atoms with E-state index in [1.54, 1.807) is 42.6 Å². The molecule has 130 valence electrons. The summed E-state index contributed by atoms with van der Waals surface area (Å²) in [6, 6.07) is 5.96. The van der Waals surface area contributed by atoms with E-state index >= 15 is 0 Å². The van der Waals surface area contributed by atoms with Crippen LogP contribution < -0.4 is 9.64 Å². The maximum absolute atomic E-state index is 9.81. The molecule has 2 heterocycles. The van der Waals surface area contributed by atoms with Crippen molar-refractivity contribution in [1.82, 2.24) is 15.0 Å². The quantitative estimate of drug-likeness (QED) is 0.660. The van der Waals surface area contributed by atoms with Crippen molar-refractivity contribution in [3.05, 3.63) is 30.1 Å². The van der Waals surface area contributed by atoms with Gasteiger partial charge in [0, 0.05) is 12.6 Å². The molecule has 0 aliphatic heterocycles. The summed E-state index contributed by atoms with van der Waals surface area (Å²) in [5, 5.41) is 9.81. The molecule has 8 heteroatoms. The Morgan fingerprint density at radius 3 is 2.92 bits per heavy atom. The van der Waals surface area contributed by atoms with Crippen molar-refractivity contribution in [1.29, 1.82) is 0 Å². The predicted molar refractivity (Wildman–Crippen MR) is 101 cm³/mol. The van der Waals surface area contributed by atoms with E-state index in [0.29, 0.717) is 18.3 Å². The molecule has 1 fully saturated rings. The minimum Gasteiger partial charge on any atom is -0.504 e. The number of ether oxygens (including phenoxy) is 1. The molecule has 1 aliphatic rings. The van der Waals surface area contributed by atoms with Crippen molar-refractivity contribution < 1.29 is 9.84 Å². The third-order valence-electron chi connectivity index (χ3n) is 4.18. The van der Waals surface area contributed by atoms with Crippen LogP contribution in [0.1, 0.15) is 18.4 Å². The second-order valence-electron chi connectivity index (χ2n) is 5.90. The molecule has 3 aromatic rings. The molecule has 4 rings (SSSR count). The Bertz CT molecular complexity index is 911. The summed E-state index contributed by atoms with van der Waals surface area (Å²) in [5.41, 5.74) is 1.83. The number of anilines is 1. The molecule has 0 spiro atoms. The number of benzene rings is 1. The van der Waals surface area contributed by atoms with Crippen LogP contribution in [0.4, 0.5) is 5.82 Å². The van der Waals surface area contributed by atoms with Gasteiger partial charge in [0.2, 0.25) is 0 Å². The van der Waals surface area contributed by atoms with Crippen LogP contribution in [0.2, 0.25) is 0 Å². The van der Waals surface area contributed by atoms with Gasteiger partial charge in [-0.3, -0.25) is 0 Å². The molecule has 0 atom stereocenters. The van der Waals surface area contributed by atoms with Crippen molar-refractivity contribution in [3.8, 4) is 11.5 Å².